The number of amides is 2. The molecule has 0 aromatic heterocycles. The molecule has 1 atom stereocenters. The molecule has 0 aliphatic rings. The fourth-order valence-electron chi connectivity index (χ4n) is 2.70. The maximum absolute atomic E-state index is 12.8. The van der Waals surface area contributed by atoms with E-state index in [-0.39, 0.29) is 18.4 Å². The summed E-state index contributed by atoms with van der Waals surface area (Å²) >= 11 is 6.07. The first-order valence-electron chi connectivity index (χ1n) is 8.92. The van der Waals surface area contributed by atoms with Gasteiger partial charge in [-0.1, -0.05) is 53.6 Å². The van der Waals surface area contributed by atoms with Crippen LogP contribution in [-0.2, 0) is 16.1 Å². The van der Waals surface area contributed by atoms with E-state index in [1.54, 1.807) is 31.2 Å². The van der Waals surface area contributed by atoms with Crippen molar-refractivity contribution in [1.82, 2.24) is 10.2 Å². The van der Waals surface area contributed by atoms with Gasteiger partial charge in [0.1, 0.15) is 11.8 Å². The van der Waals surface area contributed by atoms with Gasteiger partial charge in [0.15, 0.2) is 6.61 Å². The molecule has 0 saturated carbocycles. The molecule has 2 aromatic carbocycles. The summed E-state index contributed by atoms with van der Waals surface area (Å²) in [5.74, 6) is -0.0416. The third-order valence-electron chi connectivity index (χ3n) is 4.14. The Morgan fingerprint density at radius 3 is 2.59 bits per heavy atom. The number of aryl methyl sites for hydroxylation is 1. The molecule has 2 rings (SSSR count). The van der Waals surface area contributed by atoms with Crippen molar-refractivity contribution >= 4 is 23.4 Å². The van der Waals surface area contributed by atoms with Gasteiger partial charge in [-0.05, 0) is 38.5 Å². The Balaban J connectivity index is 2.15. The van der Waals surface area contributed by atoms with Gasteiger partial charge in [-0.3, -0.25) is 9.59 Å². The van der Waals surface area contributed by atoms with Crippen LogP contribution in [0.5, 0.6) is 5.75 Å². The zero-order valence-corrected chi connectivity index (χ0v) is 16.6. The Morgan fingerprint density at radius 2 is 1.93 bits per heavy atom. The number of carbonyl (C=O) groups excluding carboxylic acids is 2. The molecular weight excluding hydrogens is 364 g/mol. The second-order valence-corrected chi connectivity index (χ2v) is 6.71. The molecule has 0 radical (unpaired) electrons. The van der Waals surface area contributed by atoms with Crippen molar-refractivity contribution in [2.24, 2.45) is 0 Å². The van der Waals surface area contributed by atoms with Gasteiger partial charge in [-0.2, -0.15) is 0 Å². The molecule has 5 nitrogen and oxygen atoms in total. The number of nitrogens with zero attached hydrogens (tertiary/aromatic N) is 1. The maximum Gasteiger partial charge on any atom is 0.261 e. The molecule has 1 N–H and O–H groups in total. The van der Waals surface area contributed by atoms with Crippen molar-refractivity contribution in [3.05, 3.63) is 64.7 Å². The number of carbonyl (C=O) groups is 2. The standard InChI is InChI=1S/C21H25ClN2O3/c1-4-23-21(26)16(3)24(13-17-9-7-8-15(2)12-17)20(25)14-27-19-11-6-5-10-18(19)22/h5-12,16H,4,13-14H2,1-3H3,(H,23,26). The Hall–Kier alpha value is -2.53. The number of para-hydroxylation sites is 1. The minimum Gasteiger partial charge on any atom is -0.482 e. The van der Waals surface area contributed by atoms with Gasteiger partial charge in [-0.25, -0.2) is 0 Å². The molecule has 0 fully saturated rings. The van der Waals surface area contributed by atoms with Gasteiger partial charge in [-0.15, -0.1) is 0 Å². The zero-order valence-electron chi connectivity index (χ0n) is 15.9. The van der Waals surface area contributed by atoms with Gasteiger partial charge in [0.05, 0.1) is 5.02 Å². The highest BCUT2D eigenvalue weighted by atomic mass is 35.5. The summed E-state index contributed by atoms with van der Waals surface area (Å²) in [5.41, 5.74) is 2.05. The van der Waals surface area contributed by atoms with E-state index in [9.17, 15) is 9.59 Å². The lowest BCUT2D eigenvalue weighted by Gasteiger charge is -2.28. The SMILES string of the molecule is CCNC(=O)C(C)N(Cc1cccc(C)c1)C(=O)COc1ccccc1Cl. The molecule has 0 bridgehead atoms. The smallest absolute Gasteiger partial charge is 0.261 e. The van der Waals surface area contributed by atoms with Crippen molar-refractivity contribution in [2.45, 2.75) is 33.4 Å². The number of hydrogen-bond acceptors (Lipinski definition) is 3. The minimum atomic E-state index is -0.618. The summed E-state index contributed by atoms with van der Waals surface area (Å²) in [6, 6.07) is 14.2. The molecule has 27 heavy (non-hydrogen) atoms. The lowest BCUT2D eigenvalue weighted by molar-refractivity contribution is -0.142. The highest BCUT2D eigenvalue weighted by Gasteiger charge is 2.26. The lowest BCUT2D eigenvalue weighted by atomic mass is 10.1. The summed E-state index contributed by atoms with van der Waals surface area (Å²) in [6.07, 6.45) is 0. The predicted molar refractivity (Wildman–Crippen MR) is 107 cm³/mol. The fraction of sp³-hybridized carbons (Fsp3) is 0.333. The molecular formula is C21H25ClN2O3. The number of benzene rings is 2. The summed E-state index contributed by atoms with van der Waals surface area (Å²) < 4.78 is 5.58. The Kier molecular flexibility index (Phi) is 7.67. The average molecular weight is 389 g/mol. The Bertz CT molecular complexity index is 795. The van der Waals surface area contributed by atoms with E-state index in [2.05, 4.69) is 5.32 Å². The van der Waals surface area contributed by atoms with Crippen LogP contribution in [-0.4, -0.2) is 35.9 Å². The predicted octanol–water partition coefficient (Wildman–Crippen LogP) is 3.58. The van der Waals surface area contributed by atoms with Crippen LogP contribution in [0.1, 0.15) is 25.0 Å². The van der Waals surface area contributed by atoms with Gasteiger partial charge in [0.2, 0.25) is 5.91 Å². The molecule has 144 valence electrons. The van der Waals surface area contributed by atoms with E-state index in [0.29, 0.717) is 23.9 Å². The molecule has 0 heterocycles. The molecule has 0 saturated heterocycles. The van der Waals surface area contributed by atoms with Crippen LogP contribution in [0.25, 0.3) is 0 Å². The van der Waals surface area contributed by atoms with Crippen LogP contribution in [0.3, 0.4) is 0 Å². The highest BCUT2D eigenvalue weighted by molar-refractivity contribution is 6.32. The zero-order chi connectivity index (χ0) is 19.8. The number of ether oxygens (including phenoxy) is 1. The molecule has 6 heteroatoms. The topological polar surface area (TPSA) is 58.6 Å². The number of likely N-dealkylation sites (N-methyl/N-ethyl adjacent to an activating group) is 1. The van der Waals surface area contributed by atoms with Crippen LogP contribution < -0.4 is 10.1 Å². The summed E-state index contributed by atoms with van der Waals surface area (Å²) in [7, 11) is 0. The normalized spacial score (nSPS) is 11.6. The van der Waals surface area contributed by atoms with Crippen LogP contribution in [0, 0.1) is 6.92 Å². The van der Waals surface area contributed by atoms with Crippen LogP contribution in [0.15, 0.2) is 48.5 Å². The van der Waals surface area contributed by atoms with Gasteiger partial charge >= 0.3 is 0 Å². The van der Waals surface area contributed by atoms with Crippen molar-refractivity contribution in [1.29, 1.82) is 0 Å². The third kappa shape index (κ3) is 6.00. The Labute approximate surface area is 165 Å². The van der Waals surface area contributed by atoms with E-state index in [1.807, 2.05) is 38.1 Å². The van der Waals surface area contributed by atoms with Crippen molar-refractivity contribution in [2.75, 3.05) is 13.2 Å². The van der Waals surface area contributed by atoms with E-state index in [4.69, 9.17) is 16.3 Å². The summed E-state index contributed by atoms with van der Waals surface area (Å²) in [6.45, 7) is 6.19. The summed E-state index contributed by atoms with van der Waals surface area (Å²) in [5, 5.41) is 3.20. The number of rotatable bonds is 8. The number of nitrogens with one attached hydrogen (secondary N) is 1. The van der Waals surface area contributed by atoms with Crippen LogP contribution >= 0.6 is 11.6 Å². The van der Waals surface area contributed by atoms with Crippen molar-refractivity contribution < 1.29 is 14.3 Å². The minimum absolute atomic E-state index is 0.195. The molecule has 2 amide bonds. The maximum atomic E-state index is 12.8. The van der Waals surface area contributed by atoms with E-state index < -0.39 is 6.04 Å². The second-order valence-electron chi connectivity index (χ2n) is 6.30. The third-order valence-corrected chi connectivity index (χ3v) is 4.45. The van der Waals surface area contributed by atoms with Gasteiger partial charge in [0.25, 0.3) is 5.91 Å². The van der Waals surface area contributed by atoms with Gasteiger partial charge < -0.3 is 15.0 Å². The molecule has 0 spiro atoms. The fourth-order valence-corrected chi connectivity index (χ4v) is 2.89. The largest absolute Gasteiger partial charge is 0.482 e. The van der Waals surface area contributed by atoms with Gasteiger partial charge in [0, 0.05) is 13.1 Å². The molecule has 0 aliphatic carbocycles. The molecule has 2 aromatic rings. The second kappa shape index (κ2) is 9.97. The van der Waals surface area contributed by atoms with E-state index >= 15 is 0 Å². The summed E-state index contributed by atoms with van der Waals surface area (Å²) in [4.78, 5) is 26.7. The quantitative estimate of drug-likeness (QED) is 0.751. The average Bonchev–Trinajstić information content (AvgIpc) is 2.65. The Morgan fingerprint density at radius 1 is 1.19 bits per heavy atom. The van der Waals surface area contributed by atoms with Crippen LogP contribution in [0.2, 0.25) is 5.02 Å². The first kappa shape index (κ1) is 20.8. The number of hydrogen-bond donors (Lipinski definition) is 1. The first-order valence-corrected chi connectivity index (χ1v) is 9.30. The van der Waals surface area contributed by atoms with Crippen molar-refractivity contribution in [3.63, 3.8) is 0 Å². The van der Waals surface area contributed by atoms with E-state index in [1.165, 1.54) is 4.90 Å². The number of halogens is 1. The first-order chi connectivity index (χ1) is 12.9. The lowest BCUT2D eigenvalue weighted by Crippen LogP contribution is -2.49. The van der Waals surface area contributed by atoms with E-state index in [0.717, 1.165) is 11.1 Å². The highest BCUT2D eigenvalue weighted by Crippen LogP contribution is 2.23. The monoisotopic (exact) mass is 388 g/mol. The molecule has 1 unspecified atom stereocenters. The van der Waals surface area contributed by atoms with Crippen molar-refractivity contribution in [3.8, 4) is 5.75 Å². The van der Waals surface area contributed by atoms with Crippen LogP contribution in [0.4, 0.5) is 0 Å². The molecule has 0 aliphatic heterocycles.